The molecule has 1 aromatic heterocycles. The zero-order chi connectivity index (χ0) is 16.8. The molecule has 0 aromatic carbocycles. The van der Waals surface area contributed by atoms with Crippen molar-refractivity contribution in [2.24, 2.45) is 5.41 Å². The second-order valence-corrected chi connectivity index (χ2v) is 8.54. The summed E-state index contributed by atoms with van der Waals surface area (Å²) in [5.74, 6) is 0.443. The highest BCUT2D eigenvalue weighted by molar-refractivity contribution is 5.92. The second kappa shape index (κ2) is 5.62. The van der Waals surface area contributed by atoms with E-state index in [0.717, 1.165) is 19.3 Å². The van der Waals surface area contributed by atoms with E-state index in [1.54, 1.807) is 0 Å². The van der Waals surface area contributed by atoms with Crippen LogP contribution in [0, 0.1) is 5.41 Å². The first-order valence-corrected chi connectivity index (χ1v) is 8.77. The first kappa shape index (κ1) is 16.5. The van der Waals surface area contributed by atoms with Gasteiger partial charge in [-0.1, -0.05) is 13.3 Å². The van der Waals surface area contributed by atoms with Gasteiger partial charge in [0.05, 0.1) is 12.1 Å². The van der Waals surface area contributed by atoms with Crippen molar-refractivity contribution >= 4 is 5.91 Å². The minimum Gasteiger partial charge on any atom is -0.396 e. The van der Waals surface area contributed by atoms with Crippen molar-refractivity contribution in [2.75, 3.05) is 6.61 Å². The quantitative estimate of drug-likeness (QED) is 0.897. The van der Waals surface area contributed by atoms with Gasteiger partial charge in [-0.05, 0) is 52.5 Å². The molecule has 0 spiro atoms. The molecule has 5 heteroatoms. The first-order chi connectivity index (χ1) is 10.7. The molecule has 2 N–H and O–H groups in total. The third-order valence-corrected chi connectivity index (χ3v) is 5.35. The standard InChI is InChI=1S/C18H29N3O2/c1-17(2,3)21-14(12-7-8-12)10-13(20-21)16(23)19-15-6-5-9-18(15,4)11-22/h10,12,15,22H,5-9,11H2,1-4H3,(H,19,23). The normalized spacial score (nSPS) is 28.1. The lowest BCUT2D eigenvalue weighted by molar-refractivity contribution is 0.0824. The Hall–Kier alpha value is -1.36. The summed E-state index contributed by atoms with van der Waals surface area (Å²) >= 11 is 0. The number of aromatic nitrogens is 2. The molecule has 2 aliphatic rings. The van der Waals surface area contributed by atoms with Crippen LogP contribution >= 0.6 is 0 Å². The molecule has 1 amide bonds. The highest BCUT2D eigenvalue weighted by Gasteiger charge is 2.40. The average molecular weight is 319 g/mol. The Kier molecular flexibility index (Phi) is 4.03. The molecule has 5 nitrogen and oxygen atoms in total. The van der Waals surface area contributed by atoms with Gasteiger partial charge < -0.3 is 10.4 Å². The number of nitrogens with zero attached hydrogens (tertiary/aromatic N) is 2. The number of aliphatic hydroxyl groups is 1. The van der Waals surface area contributed by atoms with E-state index in [0.29, 0.717) is 11.6 Å². The minimum atomic E-state index is -0.207. The Bertz CT molecular complexity index is 598. The number of aliphatic hydroxyl groups excluding tert-OH is 1. The molecule has 23 heavy (non-hydrogen) atoms. The van der Waals surface area contributed by atoms with Gasteiger partial charge in [-0.2, -0.15) is 5.10 Å². The lowest BCUT2D eigenvalue weighted by Crippen LogP contribution is -2.45. The molecule has 1 heterocycles. The van der Waals surface area contributed by atoms with Gasteiger partial charge >= 0.3 is 0 Å². The molecule has 2 unspecified atom stereocenters. The molecule has 1 aromatic rings. The Morgan fingerprint density at radius 1 is 1.43 bits per heavy atom. The maximum Gasteiger partial charge on any atom is 0.272 e. The lowest BCUT2D eigenvalue weighted by Gasteiger charge is -2.29. The fourth-order valence-corrected chi connectivity index (χ4v) is 3.61. The Morgan fingerprint density at radius 2 is 2.13 bits per heavy atom. The minimum absolute atomic E-state index is 0.0316. The van der Waals surface area contributed by atoms with Crippen LogP contribution in [0.4, 0.5) is 0 Å². The summed E-state index contributed by atoms with van der Waals surface area (Å²) < 4.78 is 2.01. The van der Waals surface area contributed by atoms with E-state index in [1.807, 2.05) is 17.7 Å². The fourth-order valence-electron chi connectivity index (χ4n) is 3.61. The summed E-state index contributed by atoms with van der Waals surface area (Å²) in [6.45, 7) is 8.52. The maximum absolute atomic E-state index is 12.7. The van der Waals surface area contributed by atoms with Crippen molar-refractivity contribution < 1.29 is 9.90 Å². The van der Waals surface area contributed by atoms with Crippen molar-refractivity contribution in [3.8, 4) is 0 Å². The molecule has 3 rings (SSSR count). The SMILES string of the molecule is CC1(CO)CCCC1NC(=O)c1cc(C2CC2)n(C(C)(C)C)n1. The highest BCUT2D eigenvalue weighted by atomic mass is 16.3. The number of carbonyl (C=O) groups is 1. The second-order valence-electron chi connectivity index (χ2n) is 8.54. The molecule has 2 saturated carbocycles. The summed E-state index contributed by atoms with van der Waals surface area (Å²) in [6.07, 6.45) is 5.31. The van der Waals surface area contributed by atoms with Crippen molar-refractivity contribution in [3.63, 3.8) is 0 Å². The van der Waals surface area contributed by atoms with Gasteiger partial charge in [0.25, 0.3) is 5.91 Å². The van der Waals surface area contributed by atoms with Crippen LogP contribution in [0.2, 0.25) is 0 Å². The third kappa shape index (κ3) is 3.16. The van der Waals surface area contributed by atoms with Crippen LogP contribution in [-0.2, 0) is 5.54 Å². The molecule has 0 radical (unpaired) electrons. The lowest BCUT2D eigenvalue weighted by atomic mass is 9.86. The molecule has 128 valence electrons. The van der Waals surface area contributed by atoms with Crippen LogP contribution in [0.3, 0.4) is 0 Å². The predicted molar refractivity (Wildman–Crippen MR) is 89.5 cm³/mol. The maximum atomic E-state index is 12.7. The van der Waals surface area contributed by atoms with E-state index >= 15 is 0 Å². The fraction of sp³-hybridized carbons (Fsp3) is 0.778. The number of nitrogens with one attached hydrogen (secondary N) is 1. The topological polar surface area (TPSA) is 67.2 Å². The van der Waals surface area contributed by atoms with E-state index in [9.17, 15) is 9.90 Å². The number of carbonyl (C=O) groups excluding carboxylic acids is 1. The van der Waals surface area contributed by atoms with Gasteiger partial charge in [0.2, 0.25) is 0 Å². The molecular formula is C18H29N3O2. The number of hydrogen-bond acceptors (Lipinski definition) is 3. The average Bonchev–Trinajstić information content (AvgIpc) is 3.11. The van der Waals surface area contributed by atoms with Crippen LogP contribution in [0.25, 0.3) is 0 Å². The Balaban J connectivity index is 1.80. The van der Waals surface area contributed by atoms with Crippen molar-refractivity contribution in [2.45, 2.75) is 77.3 Å². The van der Waals surface area contributed by atoms with E-state index in [4.69, 9.17) is 0 Å². The number of amides is 1. The molecule has 0 saturated heterocycles. The summed E-state index contributed by atoms with van der Waals surface area (Å²) in [7, 11) is 0. The van der Waals surface area contributed by atoms with Gasteiger partial charge in [0, 0.05) is 23.1 Å². The molecule has 2 aliphatic carbocycles. The summed E-state index contributed by atoms with van der Waals surface area (Å²) in [5.41, 5.74) is 1.36. The molecule has 2 fully saturated rings. The van der Waals surface area contributed by atoms with Gasteiger partial charge in [-0.15, -0.1) is 0 Å². The monoisotopic (exact) mass is 319 g/mol. The van der Waals surface area contributed by atoms with E-state index < -0.39 is 0 Å². The zero-order valence-corrected chi connectivity index (χ0v) is 14.7. The van der Waals surface area contributed by atoms with Crippen molar-refractivity contribution in [1.82, 2.24) is 15.1 Å². The van der Waals surface area contributed by atoms with Crippen LogP contribution in [-0.4, -0.2) is 33.4 Å². The molecule has 0 aliphatic heterocycles. The van der Waals surface area contributed by atoms with E-state index in [1.165, 1.54) is 18.5 Å². The molecule has 0 bridgehead atoms. The van der Waals surface area contributed by atoms with Crippen LogP contribution in [0.1, 0.15) is 81.9 Å². The van der Waals surface area contributed by atoms with Crippen LogP contribution < -0.4 is 5.32 Å². The highest BCUT2D eigenvalue weighted by Crippen LogP contribution is 2.42. The number of hydrogen-bond donors (Lipinski definition) is 2. The smallest absolute Gasteiger partial charge is 0.272 e. The molecular weight excluding hydrogens is 290 g/mol. The van der Waals surface area contributed by atoms with E-state index in [2.05, 4.69) is 31.2 Å². The largest absolute Gasteiger partial charge is 0.396 e. The predicted octanol–water partition coefficient (Wildman–Crippen LogP) is 2.80. The Labute approximate surface area is 138 Å². The van der Waals surface area contributed by atoms with E-state index in [-0.39, 0.29) is 29.5 Å². The van der Waals surface area contributed by atoms with Gasteiger partial charge in [0.1, 0.15) is 5.69 Å². The Morgan fingerprint density at radius 3 is 2.70 bits per heavy atom. The van der Waals surface area contributed by atoms with Crippen LogP contribution in [0.5, 0.6) is 0 Å². The van der Waals surface area contributed by atoms with Crippen molar-refractivity contribution in [3.05, 3.63) is 17.5 Å². The summed E-state index contributed by atoms with van der Waals surface area (Å²) in [5, 5.41) is 17.4. The zero-order valence-electron chi connectivity index (χ0n) is 14.7. The van der Waals surface area contributed by atoms with Crippen LogP contribution in [0.15, 0.2) is 6.07 Å². The van der Waals surface area contributed by atoms with Gasteiger partial charge in [-0.3, -0.25) is 9.48 Å². The summed E-state index contributed by atoms with van der Waals surface area (Å²) in [6, 6.07) is 1.99. The molecule has 2 atom stereocenters. The third-order valence-electron chi connectivity index (χ3n) is 5.35. The van der Waals surface area contributed by atoms with Crippen molar-refractivity contribution in [1.29, 1.82) is 0 Å². The van der Waals surface area contributed by atoms with Gasteiger partial charge in [-0.25, -0.2) is 0 Å². The first-order valence-electron chi connectivity index (χ1n) is 8.77. The number of rotatable bonds is 4. The summed E-state index contributed by atoms with van der Waals surface area (Å²) in [4.78, 5) is 12.7. The van der Waals surface area contributed by atoms with Gasteiger partial charge in [0.15, 0.2) is 0 Å².